The molecule has 8 atom stereocenters. The van der Waals surface area contributed by atoms with Gasteiger partial charge in [-0.3, -0.25) is 18.6 Å². The highest BCUT2D eigenvalue weighted by Gasteiger charge is 2.51. The van der Waals surface area contributed by atoms with Crippen LogP contribution < -0.4 is 0 Å². The lowest BCUT2D eigenvalue weighted by atomic mass is 9.85. The van der Waals surface area contributed by atoms with E-state index in [9.17, 15) is 44.6 Å². The van der Waals surface area contributed by atoms with Crippen LogP contribution in [-0.2, 0) is 32.7 Å². The minimum absolute atomic E-state index is 0.0633. The van der Waals surface area contributed by atoms with Crippen molar-refractivity contribution in [2.24, 2.45) is 0 Å². The van der Waals surface area contributed by atoms with Gasteiger partial charge in [0.25, 0.3) is 0 Å². The highest BCUT2D eigenvalue weighted by molar-refractivity contribution is 7.47. The van der Waals surface area contributed by atoms with Crippen LogP contribution in [0.3, 0.4) is 0 Å². The molecule has 350 valence electrons. The van der Waals surface area contributed by atoms with E-state index in [-0.39, 0.29) is 12.8 Å². The second-order valence-corrected chi connectivity index (χ2v) is 16.9. The van der Waals surface area contributed by atoms with Gasteiger partial charge in [0, 0.05) is 12.8 Å². The molecule has 0 aliphatic heterocycles. The zero-order chi connectivity index (χ0) is 45.0. The van der Waals surface area contributed by atoms with Crippen molar-refractivity contribution < 1.29 is 63.1 Å². The number of carbonyl (C=O) groups is 2. The van der Waals surface area contributed by atoms with Gasteiger partial charge in [-0.15, -0.1) is 0 Å². The van der Waals surface area contributed by atoms with E-state index in [1.165, 1.54) is 19.3 Å². The molecule has 0 amide bonds. The maximum absolute atomic E-state index is 12.8. The molecule has 1 saturated carbocycles. The summed E-state index contributed by atoms with van der Waals surface area (Å²) in [5.74, 6) is -1.15. The average molecular weight is 883 g/mol. The van der Waals surface area contributed by atoms with Crippen LogP contribution >= 0.6 is 7.82 Å². The summed E-state index contributed by atoms with van der Waals surface area (Å²) in [7, 11) is -5.13. The molecule has 1 aliphatic carbocycles. The van der Waals surface area contributed by atoms with Crippen molar-refractivity contribution in [1.29, 1.82) is 0 Å². The molecule has 0 saturated heterocycles. The van der Waals surface area contributed by atoms with Crippen molar-refractivity contribution in [2.75, 3.05) is 13.2 Å². The first-order chi connectivity index (χ1) is 29.4. The Morgan fingerprint density at radius 1 is 0.525 bits per heavy atom. The summed E-state index contributed by atoms with van der Waals surface area (Å²) in [6, 6.07) is 0. The first-order valence-corrected chi connectivity index (χ1v) is 24.2. The molecule has 61 heavy (non-hydrogen) atoms. The standard InChI is InChI=1S/C47H79O13P/c1-3-5-7-9-11-13-15-17-19-20-22-24-26-28-30-32-34-36-41(49)59-39(38-58-61(55,56)60-47-45(53)43(51)42(50)44(52)46(47)54)37-57-40(48)35-33-31-29-27-25-23-21-18-16-14-12-10-8-6-4-2/h6,8,11-14,17-19,21-22,24,39,42-47,50-54H,3-5,7,9-10,15-16,20,23,25-38H2,1-2H3,(H,55,56)/b8-6-,13-11-,14-12-,19-17-,21-18-,24-22-/t39-,42?,43-,44?,45?,46?,47?/m1/s1. The molecule has 14 heteroatoms. The first-order valence-electron chi connectivity index (χ1n) is 22.7. The Bertz CT molecular complexity index is 1340. The third-order valence-corrected chi connectivity index (χ3v) is 11.0. The summed E-state index contributed by atoms with van der Waals surface area (Å²) in [5.41, 5.74) is 0. The lowest BCUT2D eigenvalue weighted by Crippen LogP contribution is -2.64. The fraction of sp³-hybridized carbons (Fsp3) is 0.702. The zero-order valence-electron chi connectivity index (χ0n) is 36.9. The number of phosphoric ester groups is 1. The molecule has 6 N–H and O–H groups in total. The largest absolute Gasteiger partial charge is 0.472 e. The third-order valence-electron chi connectivity index (χ3n) is 10.0. The number of esters is 2. The molecule has 0 spiro atoms. The Balaban J connectivity index is 2.51. The van der Waals surface area contributed by atoms with Crippen LogP contribution in [0.15, 0.2) is 72.9 Å². The van der Waals surface area contributed by atoms with Gasteiger partial charge in [0.2, 0.25) is 0 Å². The van der Waals surface area contributed by atoms with Gasteiger partial charge in [-0.2, -0.15) is 0 Å². The van der Waals surface area contributed by atoms with Gasteiger partial charge in [-0.05, 0) is 83.5 Å². The SMILES string of the molecule is CC/C=C\C/C=C\C/C=C\CCCCCCCC(=O)OC[C@H](COP(=O)(O)OC1C(O)C(O)C(O)[C@@H](O)C1O)OC(=O)CCCCCC/C=C\C/C=C\C/C=C\CCCCC. The van der Waals surface area contributed by atoms with Crippen LogP contribution in [0.2, 0.25) is 0 Å². The number of hydrogen-bond donors (Lipinski definition) is 6. The molecule has 6 unspecified atom stereocenters. The van der Waals surface area contributed by atoms with E-state index >= 15 is 0 Å². The minimum atomic E-state index is -5.13. The summed E-state index contributed by atoms with van der Waals surface area (Å²) in [4.78, 5) is 35.7. The lowest BCUT2D eigenvalue weighted by molar-refractivity contribution is -0.220. The predicted molar refractivity (Wildman–Crippen MR) is 239 cm³/mol. The van der Waals surface area contributed by atoms with Crippen molar-refractivity contribution in [3.63, 3.8) is 0 Å². The minimum Gasteiger partial charge on any atom is -0.462 e. The van der Waals surface area contributed by atoms with Gasteiger partial charge in [0.1, 0.15) is 43.2 Å². The van der Waals surface area contributed by atoms with Gasteiger partial charge >= 0.3 is 19.8 Å². The highest BCUT2D eigenvalue weighted by atomic mass is 31.2. The molecular formula is C47H79O13P. The number of unbranched alkanes of at least 4 members (excludes halogenated alkanes) is 12. The van der Waals surface area contributed by atoms with E-state index in [1.807, 2.05) is 0 Å². The second kappa shape index (κ2) is 36.7. The van der Waals surface area contributed by atoms with Crippen LogP contribution in [0.4, 0.5) is 0 Å². The Hall–Kier alpha value is -2.71. The van der Waals surface area contributed by atoms with E-state index in [2.05, 4.69) is 86.8 Å². The molecule has 0 heterocycles. The number of hydrogen-bond acceptors (Lipinski definition) is 12. The number of aliphatic hydroxyl groups excluding tert-OH is 5. The number of ether oxygens (including phenoxy) is 2. The molecule has 1 aliphatic rings. The number of phosphoric acid groups is 1. The number of allylic oxidation sites excluding steroid dienone is 12. The van der Waals surface area contributed by atoms with Gasteiger partial charge < -0.3 is 39.9 Å². The summed E-state index contributed by atoms with van der Waals surface area (Å²) in [6.07, 6.45) is 32.4. The van der Waals surface area contributed by atoms with Crippen LogP contribution in [0, 0.1) is 0 Å². The fourth-order valence-electron chi connectivity index (χ4n) is 6.37. The monoisotopic (exact) mass is 883 g/mol. The molecule has 0 aromatic heterocycles. The third kappa shape index (κ3) is 29.3. The van der Waals surface area contributed by atoms with E-state index in [4.69, 9.17) is 18.5 Å². The van der Waals surface area contributed by atoms with Gasteiger partial charge in [0.15, 0.2) is 6.10 Å². The second-order valence-electron chi connectivity index (χ2n) is 15.5. The number of carbonyl (C=O) groups excluding carboxylic acids is 2. The molecule has 0 radical (unpaired) electrons. The molecule has 1 fully saturated rings. The Labute approximate surface area is 365 Å². The predicted octanol–water partition coefficient (Wildman–Crippen LogP) is 8.72. The molecule has 0 aromatic carbocycles. The van der Waals surface area contributed by atoms with Gasteiger partial charge in [-0.25, -0.2) is 4.57 Å². The van der Waals surface area contributed by atoms with Crippen molar-refractivity contribution in [3.05, 3.63) is 72.9 Å². The Kier molecular flexibility index (Phi) is 33.9. The molecular weight excluding hydrogens is 803 g/mol. The van der Waals surface area contributed by atoms with E-state index in [0.29, 0.717) is 12.8 Å². The van der Waals surface area contributed by atoms with Crippen molar-refractivity contribution in [3.8, 4) is 0 Å². The maximum atomic E-state index is 12.8. The average Bonchev–Trinajstić information content (AvgIpc) is 3.24. The lowest BCUT2D eigenvalue weighted by Gasteiger charge is -2.41. The van der Waals surface area contributed by atoms with Crippen molar-refractivity contribution >= 4 is 19.8 Å². The molecule has 13 nitrogen and oxygen atoms in total. The zero-order valence-corrected chi connectivity index (χ0v) is 37.8. The van der Waals surface area contributed by atoms with Crippen LogP contribution in [0.25, 0.3) is 0 Å². The fourth-order valence-corrected chi connectivity index (χ4v) is 7.34. The quantitative estimate of drug-likeness (QED) is 0.0151. The number of aliphatic hydroxyl groups is 5. The molecule has 1 rings (SSSR count). The number of rotatable bonds is 36. The smallest absolute Gasteiger partial charge is 0.462 e. The summed E-state index contributed by atoms with van der Waals surface area (Å²) in [6.45, 7) is 3.11. The summed E-state index contributed by atoms with van der Waals surface area (Å²) >= 11 is 0. The topological polar surface area (TPSA) is 210 Å². The normalized spacial score (nSPS) is 22.7. The van der Waals surface area contributed by atoms with Crippen LogP contribution in [0.5, 0.6) is 0 Å². The summed E-state index contributed by atoms with van der Waals surface area (Å²) in [5, 5.41) is 50.1. The van der Waals surface area contributed by atoms with E-state index < -0.39 is 75.7 Å². The highest BCUT2D eigenvalue weighted by Crippen LogP contribution is 2.47. The van der Waals surface area contributed by atoms with Crippen molar-refractivity contribution in [1.82, 2.24) is 0 Å². The molecule has 0 bridgehead atoms. The van der Waals surface area contributed by atoms with Crippen molar-refractivity contribution in [2.45, 2.75) is 198 Å². The van der Waals surface area contributed by atoms with Crippen LogP contribution in [-0.4, -0.2) is 98.3 Å². The van der Waals surface area contributed by atoms with E-state index in [1.54, 1.807) is 0 Å². The van der Waals surface area contributed by atoms with Gasteiger partial charge in [-0.1, -0.05) is 132 Å². The molecule has 0 aromatic rings. The summed E-state index contributed by atoms with van der Waals surface area (Å²) < 4.78 is 33.5. The Morgan fingerprint density at radius 3 is 1.43 bits per heavy atom. The van der Waals surface area contributed by atoms with Crippen LogP contribution in [0.1, 0.15) is 155 Å². The first kappa shape index (κ1) is 56.3. The van der Waals surface area contributed by atoms with Gasteiger partial charge in [0.05, 0.1) is 6.61 Å². The Morgan fingerprint density at radius 2 is 0.934 bits per heavy atom. The van der Waals surface area contributed by atoms with E-state index in [0.717, 1.165) is 96.3 Å². The maximum Gasteiger partial charge on any atom is 0.472 e.